The molecule has 0 amide bonds. The van der Waals surface area contributed by atoms with E-state index in [9.17, 15) is 0 Å². The maximum atomic E-state index is 6.45. The van der Waals surface area contributed by atoms with Crippen LogP contribution in [0.5, 0.6) is 0 Å². The molecular weight excluding hydrogens is 613 g/mol. The first kappa shape index (κ1) is 28.4. The van der Waals surface area contributed by atoms with Gasteiger partial charge >= 0.3 is 0 Å². The van der Waals surface area contributed by atoms with Crippen molar-refractivity contribution in [3.8, 4) is 39.6 Å². The fourth-order valence-electron chi connectivity index (χ4n) is 7.32. The van der Waals surface area contributed by atoms with Crippen LogP contribution < -0.4 is 0 Å². The van der Waals surface area contributed by atoms with Crippen molar-refractivity contribution in [2.75, 3.05) is 0 Å². The van der Waals surface area contributed by atoms with Crippen molar-refractivity contribution >= 4 is 49.3 Å². The maximum absolute atomic E-state index is 6.45. The lowest BCUT2D eigenvalue weighted by Gasteiger charge is -2.11. The molecule has 0 saturated carbocycles. The number of para-hydroxylation sites is 2. The Bertz CT molecular complexity index is 2810. The summed E-state index contributed by atoms with van der Waals surface area (Å²) in [6.07, 6.45) is 8.51. The van der Waals surface area contributed by atoms with E-state index in [1.165, 1.54) is 21.8 Å². The Morgan fingerprint density at radius 1 is 0.500 bits per heavy atom. The number of fused-ring (bicyclic) bond motifs is 6. The molecule has 1 aliphatic rings. The second kappa shape index (κ2) is 11.5. The van der Waals surface area contributed by atoms with Crippen molar-refractivity contribution in [1.29, 1.82) is 0 Å². The summed E-state index contributed by atoms with van der Waals surface area (Å²) in [7, 11) is 0. The fraction of sp³-hybridized carbons (Fsp3) is 0.0444. The summed E-state index contributed by atoms with van der Waals surface area (Å²) in [4.78, 5) is 15.1. The molecule has 5 heteroatoms. The number of hydrogen-bond acceptors (Lipinski definition) is 4. The van der Waals surface area contributed by atoms with E-state index in [4.69, 9.17) is 19.4 Å². The van der Waals surface area contributed by atoms with E-state index in [0.29, 0.717) is 17.5 Å². The predicted molar refractivity (Wildman–Crippen MR) is 204 cm³/mol. The third-order valence-corrected chi connectivity index (χ3v) is 9.68. The van der Waals surface area contributed by atoms with E-state index in [1.54, 1.807) is 0 Å². The van der Waals surface area contributed by atoms with Gasteiger partial charge in [-0.05, 0) is 72.5 Å². The molecule has 9 aromatic rings. The molecule has 236 valence electrons. The number of hydrogen-bond donors (Lipinski definition) is 0. The van der Waals surface area contributed by atoms with Gasteiger partial charge in [-0.25, -0.2) is 15.0 Å². The number of benzene rings is 6. The van der Waals surface area contributed by atoms with Gasteiger partial charge in [-0.15, -0.1) is 0 Å². The highest BCUT2D eigenvalue weighted by Crippen LogP contribution is 2.40. The SMILES string of the molecule is C1=CC(c2nc(-c3ccccc3)nc(-c3cccc4oc5ccc(-c6ccc7c(c6)c6ccccc6n7-c6ccccc6)cc5c34)n2)=CCC1. The van der Waals surface area contributed by atoms with Crippen LogP contribution in [-0.2, 0) is 0 Å². The Morgan fingerprint density at radius 3 is 2.06 bits per heavy atom. The van der Waals surface area contributed by atoms with Crippen molar-refractivity contribution in [3.05, 3.63) is 164 Å². The van der Waals surface area contributed by atoms with Crippen molar-refractivity contribution in [2.45, 2.75) is 12.8 Å². The zero-order valence-electron chi connectivity index (χ0n) is 27.1. The first-order valence-electron chi connectivity index (χ1n) is 17.0. The largest absolute Gasteiger partial charge is 0.456 e. The average molecular weight is 643 g/mol. The minimum atomic E-state index is 0.627. The van der Waals surface area contributed by atoms with Crippen LogP contribution in [-0.4, -0.2) is 19.5 Å². The third-order valence-electron chi connectivity index (χ3n) is 9.68. The molecule has 0 fully saturated rings. The predicted octanol–water partition coefficient (Wildman–Crippen LogP) is 11.6. The minimum Gasteiger partial charge on any atom is -0.456 e. The zero-order valence-corrected chi connectivity index (χ0v) is 27.1. The molecule has 5 nitrogen and oxygen atoms in total. The zero-order chi connectivity index (χ0) is 33.0. The van der Waals surface area contributed by atoms with E-state index in [2.05, 4.69) is 120 Å². The van der Waals surface area contributed by atoms with Crippen LogP contribution >= 0.6 is 0 Å². The molecular formula is C45H30N4O. The Labute approximate surface area is 288 Å². The number of aromatic nitrogens is 4. The highest BCUT2D eigenvalue weighted by Gasteiger charge is 2.19. The summed E-state index contributed by atoms with van der Waals surface area (Å²) in [5, 5.41) is 4.47. The molecule has 0 saturated heterocycles. The van der Waals surface area contributed by atoms with E-state index in [1.807, 2.05) is 42.5 Å². The third kappa shape index (κ3) is 4.66. The molecule has 0 radical (unpaired) electrons. The van der Waals surface area contributed by atoms with Gasteiger partial charge in [0.1, 0.15) is 11.2 Å². The first-order chi connectivity index (χ1) is 24.8. The van der Waals surface area contributed by atoms with Gasteiger partial charge in [0.2, 0.25) is 0 Å². The van der Waals surface area contributed by atoms with Gasteiger partial charge in [-0.3, -0.25) is 0 Å². The van der Waals surface area contributed by atoms with E-state index in [0.717, 1.165) is 68.3 Å². The average Bonchev–Trinajstić information content (AvgIpc) is 3.74. The van der Waals surface area contributed by atoms with Crippen molar-refractivity contribution < 1.29 is 4.42 Å². The highest BCUT2D eigenvalue weighted by atomic mass is 16.3. The van der Waals surface area contributed by atoms with Crippen LogP contribution in [0.25, 0.3) is 88.9 Å². The molecule has 0 spiro atoms. The summed E-state index contributed by atoms with van der Waals surface area (Å²) in [6.45, 7) is 0. The summed E-state index contributed by atoms with van der Waals surface area (Å²) in [6, 6.07) is 48.7. The molecule has 0 aliphatic heterocycles. The van der Waals surface area contributed by atoms with Gasteiger partial charge in [0, 0.05) is 43.9 Å². The topological polar surface area (TPSA) is 56.7 Å². The van der Waals surface area contributed by atoms with E-state index >= 15 is 0 Å². The second-order valence-corrected chi connectivity index (χ2v) is 12.7. The fourth-order valence-corrected chi connectivity index (χ4v) is 7.32. The number of rotatable bonds is 5. The lowest BCUT2D eigenvalue weighted by molar-refractivity contribution is 0.669. The maximum Gasteiger partial charge on any atom is 0.164 e. The standard InChI is InChI=1S/C45H30N4O/c1-4-13-29(14-5-1)43-46-44(30-15-6-2-7-16-30)48-45(47-43)35-20-12-22-41-42(35)37-28-32(24-26-40(37)50-41)31-23-25-39-36(27-31)34-19-10-11-21-38(34)49(39)33-17-8-3-9-18-33/h1,3-6,8-28H,2,7H2. The van der Waals surface area contributed by atoms with Crippen LogP contribution in [0.3, 0.4) is 0 Å². The van der Waals surface area contributed by atoms with Gasteiger partial charge in [0.15, 0.2) is 17.5 Å². The second-order valence-electron chi connectivity index (χ2n) is 12.7. The molecule has 0 N–H and O–H groups in total. The van der Waals surface area contributed by atoms with E-state index < -0.39 is 0 Å². The van der Waals surface area contributed by atoms with Gasteiger partial charge in [-0.1, -0.05) is 109 Å². The van der Waals surface area contributed by atoms with Crippen molar-refractivity contribution in [1.82, 2.24) is 19.5 Å². The first-order valence-corrected chi connectivity index (χ1v) is 17.0. The molecule has 50 heavy (non-hydrogen) atoms. The normalized spacial score (nSPS) is 13.1. The molecule has 3 heterocycles. The number of allylic oxidation sites excluding steroid dienone is 4. The molecule has 10 rings (SSSR count). The number of furan rings is 1. The van der Waals surface area contributed by atoms with Crippen molar-refractivity contribution in [3.63, 3.8) is 0 Å². The summed E-state index contributed by atoms with van der Waals surface area (Å²) in [5.41, 5.74) is 10.3. The summed E-state index contributed by atoms with van der Waals surface area (Å²) in [5.74, 6) is 1.96. The van der Waals surface area contributed by atoms with Crippen LogP contribution in [0.15, 0.2) is 162 Å². The van der Waals surface area contributed by atoms with Crippen LogP contribution in [0.2, 0.25) is 0 Å². The van der Waals surface area contributed by atoms with Gasteiger partial charge in [-0.2, -0.15) is 0 Å². The Balaban J connectivity index is 1.16. The van der Waals surface area contributed by atoms with Crippen LogP contribution in [0, 0.1) is 0 Å². The molecule has 3 aromatic heterocycles. The lowest BCUT2D eigenvalue weighted by Crippen LogP contribution is -2.03. The van der Waals surface area contributed by atoms with Gasteiger partial charge in [0.25, 0.3) is 0 Å². The minimum absolute atomic E-state index is 0.627. The lowest BCUT2D eigenvalue weighted by atomic mass is 9.99. The summed E-state index contributed by atoms with van der Waals surface area (Å²) < 4.78 is 8.80. The van der Waals surface area contributed by atoms with Crippen LogP contribution in [0.1, 0.15) is 18.7 Å². The smallest absolute Gasteiger partial charge is 0.164 e. The molecule has 0 atom stereocenters. The Kier molecular flexibility index (Phi) is 6.56. The quantitative estimate of drug-likeness (QED) is 0.187. The molecule has 0 bridgehead atoms. The Hall–Kier alpha value is -6.59. The van der Waals surface area contributed by atoms with Crippen molar-refractivity contribution in [2.24, 2.45) is 0 Å². The molecule has 6 aromatic carbocycles. The molecule has 0 unspecified atom stereocenters. The van der Waals surface area contributed by atoms with Gasteiger partial charge in [0.05, 0.1) is 11.0 Å². The monoisotopic (exact) mass is 642 g/mol. The van der Waals surface area contributed by atoms with Gasteiger partial charge < -0.3 is 8.98 Å². The highest BCUT2D eigenvalue weighted by molar-refractivity contribution is 6.14. The Morgan fingerprint density at radius 2 is 1.22 bits per heavy atom. The van der Waals surface area contributed by atoms with Crippen LogP contribution in [0.4, 0.5) is 0 Å². The number of nitrogens with zero attached hydrogens (tertiary/aromatic N) is 4. The molecule has 1 aliphatic carbocycles. The van der Waals surface area contributed by atoms with E-state index in [-0.39, 0.29) is 0 Å². The summed E-state index contributed by atoms with van der Waals surface area (Å²) >= 11 is 0.